The minimum atomic E-state index is -0.732. The molecule has 0 aliphatic heterocycles. The highest BCUT2D eigenvalue weighted by molar-refractivity contribution is 5.69. The van der Waals surface area contributed by atoms with Crippen molar-refractivity contribution in [2.75, 3.05) is 13.1 Å². The van der Waals surface area contributed by atoms with Gasteiger partial charge in [0, 0.05) is 25.2 Å². The topological polar surface area (TPSA) is 52.6 Å². The molecule has 1 aromatic carbocycles. The number of hydrogen-bond acceptors (Lipinski definition) is 3. The Hall–Kier alpha value is -1.46. The van der Waals surface area contributed by atoms with Gasteiger partial charge in [0.25, 0.3) is 0 Å². The van der Waals surface area contributed by atoms with Crippen LogP contribution in [0.15, 0.2) is 18.2 Å². The van der Waals surface area contributed by atoms with Crippen LogP contribution in [0.1, 0.15) is 36.8 Å². The Labute approximate surface area is 136 Å². The second-order valence-electron chi connectivity index (χ2n) is 7.04. The van der Waals surface area contributed by atoms with Gasteiger partial charge in [-0.15, -0.1) is 0 Å². The van der Waals surface area contributed by atoms with Crippen LogP contribution in [0.3, 0.4) is 0 Å². The lowest BCUT2D eigenvalue weighted by atomic mass is 9.85. The van der Waals surface area contributed by atoms with E-state index < -0.39 is 5.97 Å². The second kappa shape index (κ2) is 6.97. The van der Waals surface area contributed by atoms with E-state index in [1.54, 1.807) is 6.07 Å². The first kappa shape index (κ1) is 16.4. The lowest BCUT2D eigenvalue weighted by Gasteiger charge is -2.43. The highest BCUT2D eigenvalue weighted by Crippen LogP contribution is 2.33. The molecular weight excluding hydrogens is 295 g/mol. The third-order valence-electron chi connectivity index (χ3n) is 5.04. The number of aliphatic carboxylic acids is 1. The number of rotatable bonds is 8. The Balaban J connectivity index is 1.44. The molecular formula is C18H25FN2O2. The van der Waals surface area contributed by atoms with Crippen molar-refractivity contribution in [2.45, 2.75) is 51.2 Å². The van der Waals surface area contributed by atoms with E-state index in [0.29, 0.717) is 18.0 Å². The van der Waals surface area contributed by atoms with Gasteiger partial charge in [-0.2, -0.15) is 0 Å². The standard InChI is InChI=1S/C18H25FN2O2/c1-12-6-15(19)5-4-14(12)9-20-16-7-17(8-16)21(11-18(22)23)10-13-2-3-13/h4-6,13,16-17,20H,2-3,7-11H2,1H3,(H,22,23). The van der Waals surface area contributed by atoms with Crippen molar-refractivity contribution in [1.29, 1.82) is 0 Å². The molecule has 2 N–H and O–H groups in total. The molecule has 1 aromatic rings. The number of benzene rings is 1. The van der Waals surface area contributed by atoms with Gasteiger partial charge in [-0.3, -0.25) is 9.69 Å². The Kier molecular flexibility index (Phi) is 4.97. The summed E-state index contributed by atoms with van der Waals surface area (Å²) in [5.74, 6) is -0.216. The monoisotopic (exact) mass is 320 g/mol. The molecule has 5 heteroatoms. The maximum Gasteiger partial charge on any atom is 0.317 e. The predicted octanol–water partition coefficient (Wildman–Crippen LogP) is 2.55. The number of nitrogens with zero attached hydrogens (tertiary/aromatic N) is 1. The number of hydrogen-bond donors (Lipinski definition) is 2. The molecule has 4 nitrogen and oxygen atoms in total. The van der Waals surface area contributed by atoms with Crippen LogP contribution >= 0.6 is 0 Å². The quantitative estimate of drug-likeness (QED) is 0.773. The fourth-order valence-electron chi connectivity index (χ4n) is 3.31. The molecule has 2 fully saturated rings. The normalized spacial score (nSPS) is 23.8. The molecule has 0 radical (unpaired) electrons. The third kappa shape index (κ3) is 4.52. The van der Waals surface area contributed by atoms with Gasteiger partial charge in [0.05, 0.1) is 6.54 Å². The summed E-state index contributed by atoms with van der Waals surface area (Å²) in [5, 5.41) is 12.6. The van der Waals surface area contributed by atoms with Crippen molar-refractivity contribution in [3.63, 3.8) is 0 Å². The van der Waals surface area contributed by atoms with Gasteiger partial charge in [-0.1, -0.05) is 6.07 Å². The molecule has 2 saturated carbocycles. The van der Waals surface area contributed by atoms with Crippen LogP contribution in [-0.4, -0.2) is 41.1 Å². The van der Waals surface area contributed by atoms with Gasteiger partial charge in [0.1, 0.15) is 5.82 Å². The molecule has 2 aliphatic carbocycles. The third-order valence-corrected chi connectivity index (χ3v) is 5.04. The first-order valence-electron chi connectivity index (χ1n) is 8.45. The van der Waals surface area contributed by atoms with Crippen LogP contribution in [0.4, 0.5) is 4.39 Å². The molecule has 0 aromatic heterocycles. The van der Waals surface area contributed by atoms with Crippen molar-refractivity contribution in [3.05, 3.63) is 35.1 Å². The predicted molar refractivity (Wildman–Crippen MR) is 86.7 cm³/mol. The summed E-state index contributed by atoms with van der Waals surface area (Å²) in [4.78, 5) is 13.2. The van der Waals surface area contributed by atoms with Crippen molar-refractivity contribution in [3.8, 4) is 0 Å². The number of carboxylic acid groups (broad SMARTS) is 1. The highest BCUT2D eigenvalue weighted by atomic mass is 19.1. The second-order valence-corrected chi connectivity index (χ2v) is 7.04. The molecule has 23 heavy (non-hydrogen) atoms. The average Bonchev–Trinajstić information content (AvgIpc) is 3.22. The van der Waals surface area contributed by atoms with E-state index in [2.05, 4.69) is 10.2 Å². The molecule has 126 valence electrons. The molecule has 3 rings (SSSR count). The van der Waals surface area contributed by atoms with Crippen molar-refractivity contribution >= 4 is 5.97 Å². The summed E-state index contributed by atoms with van der Waals surface area (Å²) < 4.78 is 13.1. The molecule has 0 heterocycles. The van der Waals surface area contributed by atoms with Crippen molar-refractivity contribution in [2.24, 2.45) is 5.92 Å². The molecule has 0 spiro atoms. The van der Waals surface area contributed by atoms with Gasteiger partial charge >= 0.3 is 5.97 Å². The lowest BCUT2D eigenvalue weighted by Crippen LogP contribution is -2.54. The van der Waals surface area contributed by atoms with E-state index in [0.717, 1.165) is 37.1 Å². The fourth-order valence-corrected chi connectivity index (χ4v) is 3.31. The zero-order valence-electron chi connectivity index (χ0n) is 13.6. The maximum atomic E-state index is 13.1. The zero-order chi connectivity index (χ0) is 16.4. The summed E-state index contributed by atoms with van der Waals surface area (Å²) in [5.41, 5.74) is 2.09. The summed E-state index contributed by atoms with van der Waals surface area (Å²) >= 11 is 0. The molecule has 2 aliphatic rings. The molecule has 0 bridgehead atoms. The zero-order valence-corrected chi connectivity index (χ0v) is 13.6. The summed E-state index contributed by atoms with van der Waals surface area (Å²) in [7, 11) is 0. The van der Waals surface area contributed by atoms with Crippen LogP contribution in [0.5, 0.6) is 0 Å². The Bertz CT molecular complexity index is 568. The minimum Gasteiger partial charge on any atom is -0.480 e. The van der Waals surface area contributed by atoms with Crippen LogP contribution in [0.25, 0.3) is 0 Å². The van der Waals surface area contributed by atoms with E-state index in [-0.39, 0.29) is 12.4 Å². The van der Waals surface area contributed by atoms with Crippen LogP contribution < -0.4 is 5.32 Å². The van der Waals surface area contributed by atoms with Crippen LogP contribution in [0.2, 0.25) is 0 Å². The van der Waals surface area contributed by atoms with Gasteiger partial charge in [0.2, 0.25) is 0 Å². The number of carbonyl (C=O) groups is 1. The number of aryl methyl sites for hydroxylation is 1. The molecule has 0 atom stereocenters. The largest absolute Gasteiger partial charge is 0.480 e. The summed E-state index contributed by atoms with van der Waals surface area (Å²) in [6.45, 7) is 3.75. The maximum absolute atomic E-state index is 13.1. The Morgan fingerprint density at radius 2 is 2.13 bits per heavy atom. The SMILES string of the molecule is Cc1cc(F)ccc1CNC1CC(N(CC(=O)O)CC2CC2)C1. The van der Waals surface area contributed by atoms with Gasteiger partial charge in [-0.25, -0.2) is 4.39 Å². The first-order valence-corrected chi connectivity index (χ1v) is 8.45. The Morgan fingerprint density at radius 3 is 2.74 bits per heavy atom. The molecule has 0 unspecified atom stereocenters. The Morgan fingerprint density at radius 1 is 1.39 bits per heavy atom. The van der Waals surface area contributed by atoms with Crippen molar-refractivity contribution < 1.29 is 14.3 Å². The fraction of sp³-hybridized carbons (Fsp3) is 0.611. The van der Waals surface area contributed by atoms with Gasteiger partial charge < -0.3 is 10.4 Å². The van der Waals surface area contributed by atoms with Crippen LogP contribution in [-0.2, 0) is 11.3 Å². The van der Waals surface area contributed by atoms with Gasteiger partial charge in [0.15, 0.2) is 0 Å². The van der Waals surface area contributed by atoms with Crippen molar-refractivity contribution in [1.82, 2.24) is 10.2 Å². The lowest BCUT2D eigenvalue weighted by molar-refractivity contribution is -0.139. The van der Waals surface area contributed by atoms with E-state index in [1.807, 2.05) is 13.0 Å². The summed E-state index contributed by atoms with van der Waals surface area (Å²) in [6, 6.07) is 5.71. The molecule has 0 amide bonds. The number of halogens is 1. The van der Waals surface area contributed by atoms with E-state index in [1.165, 1.54) is 18.9 Å². The van der Waals surface area contributed by atoms with Crippen LogP contribution in [0, 0.1) is 18.7 Å². The number of nitrogens with one attached hydrogen (secondary N) is 1. The number of carboxylic acids is 1. The summed E-state index contributed by atoms with van der Waals surface area (Å²) in [6.07, 6.45) is 4.49. The minimum absolute atomic E-state index is 0.158. The van der Waals surface area contributed by atoms with E-state index >= 15 is 0 Å². The van der Waals surface area contributed by atoms with Gasteiger partial charge in [-0.05, 0) is 61.8 Å². The first-order chi connectivity index (χ1) is 11.0. The smallest absolute Gasteiger partial charge is 0.317 e. The highest BCUT2D eigenvalue weighted by Gasteiger charge is 2.36. The molecule has 0 saturated heterocycles. The van der Waals surface area contributed by atoms with E-state index in [9.17, 15) is 9.18 Å². The van der Waals surface area contributed by atoms with E-state index in [4.69, 9.17) is 5.11 Å². The average molecular weight is 320 g/mol.